The maximum atomic E-state index is 10.8. The second-order valence-corrected chi connectivity index (χ2v) is 2.78. The summed E-state index contributed by atoms with van der Waals surface area (Å²) < 4.78 is 4.65. The zero-order valence-corrected chi connectivity index (χ0v) is 7.06. The van der Waals surface area contributed by atoms with Crippen molar-refractivity contribution in [1.29, 1.82) is 0 Å². The average molecular weight is 190 g/mol. The predicted molar refractivity (Wildman–Crippen MR) is 47.2 cm³/mol. The molecule has 0 radical (unpaired) electrons. The van der Waals surface area contributed by atoms with Crippen molar-refractivity contribution in [2.24, 2.45) is 0 Å². The van der Waals surface area contributed by atoms with Gasteiger partial charge in [-0.15, -0.1) is 0 Å². The van der Waals surface area contributed by atoms with E-state index in [9.17, 15) is 14.7 Å². The Labute approximate surface area is 79.4 Å². The molecule has 1 aliphatic rings. The number of esters is 1. The summed E-state index contributed by atoms with van der Waals surface area (Å²) in [7, 11) is 0. The van der Waals surface area contributed by atoms with Crippen LogP contribution in [-0.4, -0.2) is 16.9 Å². The van der Waals surface area contributed by atoms with Crippen molar-refractivity contribution in [3.05, 3.63) is 35.9 Å². The number of ketones is 1. The van der Waals surface area contributed by atoms with E-state index < -0.39 is 11.8 Å². The minimum absolute atomic E-state index is 0.0266. The molecule has 0 spiro atoms. The van der Waals surface area contributed by atoms with Crippen LogP contribution in [0.3, 0.4) is 0 Å². The maximum absolute atomic E-state index is 10.8. The highest BCUT2D eigenvalue weighted by Crippen LogP contribution is 2.28. The summed E-state index contributed by atoms with van der Waals surface area (Å²) >= 11 is 0. The SMILES string of the molecule is O=C1C=C(c2ccccc2O)OC1=O. The fraction of sp³-hybridized carbons (Fsp3) is 0. The maximum Gasteiger partial charge on any atom is 0.384 e. The second kappa shape index (κ2) is 2.99. The summed E-state index contributed by atoms with van der Waals surface area (Å²) in [6.07, 6.45) is 1.07. The minimum atomic E-state index is -0.914. The molecule has 0 amide bonds. The van der Waals surface area contributed by atoms with Crippen molar-refractivity contribution in [3.63, 3.8) is 0 Å². The first-order chi connectivity index (χ1) is 6.68. The molecule has 1 N–H and O–H groups in total. The van der Waals surface area contributed by atoms with E-state index in [1.807, 2.05) is 0 Å². The van der Waals surface area contributed by atoms with E-state index in [0.717, 1.165) is 6.08 Å². The first kappa shape index (κ1) is 8.50. The highest BCUT2D eigenvalue weighted by atomic mass is 16.5. The van der Waals surface area contributed by atoms with Gasteiger partial charge in [-0.05, 0) is 12.1 Å². The molecule has 1 heterocycles. The predicted octanol–water partition coefficient (Wildman–Crippen LogP) is 0.859. The van der Waals surface area contributed by atoms with Crippen LogP contribution in [0, 0.1) is 0 Å². The summed E-state index contributed by atoms with van der Waals surface area (Å²) in [6, 6.07) is 6.32. The molecule has 4 heteroatoms. The third-order valence-corrected chi connectivity index (χ3v) is 1.84. The quantitative estimate of drug-likeness (QED) is 0.527. The number of cyclic esters (lactones) is 1. The van der Waals surface area contributed by atoms with Crippen LogP contribution in [0.2, 0.25) is 0 Å². The molecule has 0 bridgehead atoms. The first-order valence-corrected chi connectivity index (χ1v) is 3.94. The molecular formula is C10H6O4. The number of phenolic OH excluding ortho intramolecular Hbond substituents is 1. The monoisotopic (exact) mass is 190 g/mol. The third kappa shape index (κ3) is 1.26. The van der Waals surface area contributed by atoms with Crippen LogP contribution in [-0.2, 0) is 14.3 Å². The standard InChI is InChI=1S/C10H6O4/c11-7-4-2-1-3-6(7)9-5-8(12)10(13)14-9/h1-5,11H. The molecule has 4 nitrogen and oxygen atoms in total. The van der Waals surface area contributed by atoms with Crippen molar-refractivity contribution in [3.8, 4) is 5.75 Å². The van der Waals surface area contributed by atoms with Crippen molar-refractivity contribution < 1.29 is 19.4 Å². The lowest BCUT2D eigenvalue weighted by atomic mass is 10.1. The Morgan fingerprint density at radius 3 is 2.43 bits per heavy atom. The fourth-order valence-corrected chi connectivity index (χ4v) is 1.17. The number of aromatic hydroxyl groups is 1. The Kier molecular flexibility index (Phi) is 1.81. The Morgan fingerprint density at radius 1 is 1.14 bits per heavy atom. The summed E-state index contributed by atoms with van der Waals surface area (Å²) in [5.74, 6) is -1.55. The zero-order chi connectivity index (χ0) is 10.1. The van der Waals surface area contributed by atoms with Gasteiger partial charge in [0.1, 0.15) is 11.5 Å². The lowest BCUT2D eigenvalue weighted by Crippen LogP contribution is -2.05. The highest BCUT2D eigenvalue weighted by Gasteiger charge is 2.26. The van der Waals surface area contributed by atoms with Gasteiger partial charge >= 0.3 is 5.97 Å². The smallest absolute Gasteiger partial charge is 0.384 e. The number of hydrogen-bond donors (Lipinski definition) is 1. The molecule has 0 aliphatic carbocycles. The van der Waals surface area contributed by atoms with Crippen molar-refractivity contribution in [1.82, 2.24) is 0 Å². The van der Waals surface area contributed by atoms with Crippen molar-refractivity contribution in [2.75, 3.05) is 0 Å². The van der Waals surface area contributed by atoms with Gasteiger partial charge in [0, 0.05) is 6.08 Å². The Balaban J connectivity index is 2.43. The molecule has 70 valence electrons. The van der Waals surface area contributed by atoms with Crippen LogP contribution in [0.15, 0.2) is 30.3 Å². The molecule has 0 saturated carbocycles. The van der Waals surface area contributed by atoms with E-state index in [2.05, 4.69) is 4.74 Å². The minimum Gasteiger partial charge on any atom is -0.507 e. The Bertz CT molecular complexity index is 445. The normalized spacial score (nSPS) is 15.3. The largest absolute Gasteiger partial charge is 0.507 e. The number of ether oxygens (including phenoxy) is 1. The molecule has 2 rings (SSSR count). The van der Waals surface area contributed by atoms with E-state index >= 15 is 0 Å². The highest BCUT2D eigenvalue weighted by molar-refractivity contribution is 6.43. The van der Waals surface area contributed by atoms with Gasteiger partial charge in [0.15, 0.2) is 0 Å². The summed E-state index contributed by atoms with van der Waals surface area (Å²) in [4.78, 5) is 21.6. The Morgan fingerprint density at radius 2 is 1.86 bits per heavy atom. The van der Waals surface area contributed by atoms with Gasteiger partial charge < -0.3 is 9.84 Å². The molecular weight excluding hydrogens is 184 g/mol. The van der Waals surface area contributed by atoms with E-state index in [4.69, 9.17) is 0 Å². The summed E-state index contributed by atoms with van der Waals surface area (Å²) in [5.41, 5.74) is 0.340. The number of para-hydroxylation sites is 1. The van der Waals surface area contributed by atoms with E-state index in [1.54, 1.807) is 18.2 Å². The third-order valence-electron chi connectivity index (χ3n) is 1.84. The molecule has 0 unspecified atom stereocenters. The van der Waals surface area contributed by atoms with Gasteiger partial charge in [-0.3, -0.25) is 4.79 Å². The van der Waals surface area contributed by atoms with Crippen LogP contribution < -0.4 is 0 Å². The molecule has 0 atom stereocenters. The van der Waals surface area contributed by atoms with Crippen LogP contribution in [0.5, 0.6) is 5.75 Å². The zero-order valence-electron chi connectivity index (χ0n) is 7.06. The van der Waals surface area contributed by atoms with Crippen molar-refractivity contribution >= 4 is 17.5 Å². The van der Waals surface area contributed by atoms with Crippen LogP contribution in [0.25, 0.3) is 5.76 Å². The molecule has 0 fully saturated rings. The average Bonchev–Trinajstić information content (AvgIpc) is 2.48. The molecule has 1 aromatic carbocycles. The Hall–Kier alpha value is -2.10. The number of benzene rings is 1. The van der Waals surface area contributed by atoms with Crippen LogP contribution >= 0.6 is 0 Å². The van der Waals surface area contributed by atoms with Crippen LogP contribution in [0.4, 0.5) is 0 Å². The van der Waals surface area contributed by atoms with Crippen LogP contribution in [0.1, 0.15) is 5.56 Å². The van der Waals surface area contributed by atoms with Gasteiger partial charge in [0.05, 0.1) is 5.56 Å². The summed E-state index contributed by atoms with van der Waals surface area (Å²) in [6.45, 7) is 0. The van der Waals surface area contributed by atoms with Gasteiger partial charge in [0.2, 0.25) is 0 Å². The number of phenols is 1. The second-order valence-electron chi connectivity index (χ2n) is 2.78. The lowest BCUT2D eigenvalue weighted by Gasteiger charge is -2.02. The molecule has 14 heavy (non-hydrogen) atoms. The van der Waals surface area contributed by atoms with E-state index in [1.165, 1.54) is 6.07 Å². The lowest BCUT2D eigenvalue weighted by molar-refractivity contribution is -0.144. The molecule has 0 saturated heterocycles. The summed E-state index contributed by atoms with van der Waals surface area (Å²) in [5, 5.41) is 9.40. The first-order valence-electron chi connectivity index (χ1n) is 3.94. The topological polar surface area (TPSA) is 63.6 Å². The van der Waals surface area contributed by atoms with E-state index in [0.29, 0.717) is 5.56 Å². The molecule has 1 aliphatic heterocycles. The van der Waals surface area contributed by atoms with Gasteiger partial charge in [-0.25, -0.2) is 4.79 Å². The van der Waals surface area contributed by atoms with Gasteiger partial charge in [0.25, 0.3) is 5.78 Å². The van der Waals surface area contributed by atoms with E-state index in [-0.39, 0.29) is 11.5 Å². The molecule has 0 aromatic heterocycles. The number of rotatable bonds is 1. The number of carbonyl (C=O) groups is 2. The fourth-order valence-electron chi connectivity index (χ4n) is 1.17. The number of carbonyl (C=O) groups excluding carboxylic acids is 2. The molecule has 1 aromatic rings. The van der Waals surface area contributed by atoms with Gasteiger partial charge in [-0.1, -0.05) is 12.1 Å². The van der Waals surface area contributed by atoms with Crippen molar-refractivity contribution in [2.45, 2.75) is 0 Å². The number of hydrogen-bond acceptors (Lipinski definition) is 4. The van der Waals surface area contributed by atoms with Gasteiger partial charge in [-0.2, -0.15) is 0 Å².